The summed E-state index contributed by atoms with van der Waals surface area (Å²) in [5.41, 5.74) is 1.70. The summed E-state index contributed by atoms with van der Waals surface area (Å²) in [5, 5.41) is 4.26. The molecule has 0 bridgehead atoms. The molecule has 0 amide bonds. The van der Waals surface area contributed by atoms with Gasteiger partial charge in [-0.05, 0) is 37.5 Å². The van der Waals surface area contributed by atoms with Crippen molar-refractivity contribution in [1.29, 1.82) is 0 Å². The Hall–Kier alpha value is -2.12. The molecule has 1 aromatic carbocycles. The van der Waals surface area contributed by atoms with E-state index in [1.165, 1.54) is 18.6 Å². The molecule has 2 aliphatic rings. The average Bonchev–Trinajstić information content (AvgIpc) is 3.28. The second kappa shape index (κ2) is 8.49. The number of halogens is 1. The summed E-state index contributed by atoms with van der Waals surface area (Å²) >= 11 is 0. The lowest BCUT2D eigenvalue weighted by molar-refractivity contribution is 0.0315. The fourth-order valence-electron chi connectivity index (χ4n) is 4.23. The summed E-state index contributed by atoms with van der Waals surface area (Å²) in [5.74, 6) is 2.14. The topological polar surface area (TPSA) is 53.2 Å². The molecule has 2 saturated heterocycles. The van der Waals surface area contributed by atoms with E-state index >= 15 is 0 Å². The predicted molar refractivity (Wildman–Crippen MR) is 108 cm³/mol. The maximum atomic E-state index is 13.5. The summed E-state index contributed by atoms with van der Waals surface area (Å²) in [7, 11) is 1.82. The fourth-order valence-corrected chi connectivity index (χ4v) is 4.23. The van der Waals surface area contributed by atoms with Gasteiger partial charge in [-0.15, -0.1) is 0 Å². The molecule has 2 aromatic rings. The number of ether oxygens (including phenoxy) is 1. The Morgan fingerprint density at radius 2 is 2.11 bits per heavy atom. The molecule has 0 radical (unpaired) electrons. The molecule has 1 atom stereocenters. The highest BCUT2D eigenvalue weighted by molar-refractivity contribution is 5.83. The third kappa shape index (κ3) is 4.15. The Morgan fingerprint density at radius 3 is 2.89 bits per heavy atom. The molecule has 0 spiro atoms. The third-order valence-corrected chi connectivity index (χ3v) is 5.82. The summed E-state index contributed by atoms with van der Waals surface area (Å²) in [6.07, 6.45) is 1.18. The minimum absolute atomic E-state index is 0.241. The van der Waals surface area contributed by atoms with Crippen LogP contribution in [0.15, 0.2) is 27.6 Å². The predicted octanol–water partition coefficient (Wildman–Crippen LogP) is 2.61. The molecule has 1 aromatic heterocycles. The lowest BCUT2D eigenvalue weighted by Gasteiger charge is -2.29. The molecule has 6 nitrogen and oxygen atoms in total. The Kier molecular flexibility index (Phi) is 5.82. The van der Waals surface area contributed by atoms with Gasteiger partial charge in [0.05, 0.1) is 19.8 Å². The van der Waals surface area contributed by atoms with Crippen LogP contribution in [0.3, 0.4) is 0 Å². The van der Waals surface area contributed by atoms with Gasteiger partial charge in [0.1, 0.15) is 17.2 Å². The first kappa shape index (κ1) is 19.2. The van der Waals surface area contributed by atoms with Gasteiger partial charge < -0.3 is 19.4 Å². The number of rotatable bonds is 4. The molecule has 152 valence electrons. The quantitative estimate of drug-likeness (QED) is 0.645. The number of likely N-dealkylation sites (tertiary alicyclic amines) is 1. The smallest absolute Gasteiger partial charge is 0.194 e. The number of furan rings is 1. The van der Waals surface area contributed by atoms with Crippen LogP contribution in [0.5, 0.6) is 0 Å². The molecule has 7 heteroatoms. The largest absolute Gasteiger partial charge is 0.459 e. The van der Waals surface area contributed by atoms with Crippen LogP contribution in [0.2, 0.25) is 0 Å². The minimum atomic E-state index is -0.241. The van der Waals surface area contributed by atoms with Gasteiger partial charge in [-0.3, -0.25) is 9.89 Å². The Bertz CT molecular complexity index is 844. The molecule has 0 saturated carbocycles. The average molecular weight is 388 g/mol. The number of nitrogens with one attached hydrogen (secondary N) is 1. The van der Waals surface area contributed by atoms with Crippen LogP contribution in [0, 0.1) is 18.7 Å². The van der Waals surface area contributed by atoms with Crippen LogP contribution in [0.1, 0.15) is 17.7 Å². The minimum Gasteiger partial charge on any atom is -0.459 e. The van der Waals surface area contributed by atoms with Crippen molar-refractivity contribution < 1.29 is 13.5 Å². The highest BCUT2D eigenvalue weighted by Gasteiger charge is 2.27. The first-order valence-electron chi connectivity index (χ1n) is 10.1. The van der Waals surface area contributed by atoms with Crippen molar-refractivity contribution in [2.75, 3.05) is 53.0 Å². The molecule has 1 N–H and O–H groups in total. The van der Waals surface area contributed by atoms with Gasteiger partial charge in [0.15, 0.2) is 5.96 Å². The molecular formula is C21H29FN4O2. The van der Waals surface area contributed by atoms with E-state index in [4.69, 9.17) is 9.15 Å². The number of nitrogens with zero attached hydrogens (tertiary/aromatic N) is 3. The lowest BCUT2D eigenvalue weighted by atomic mass is 10.1. The molecule has 1 unspecified atom stereocenters. The van der Waals surface area contributed by atoms with E-state index in [-0.39, 0.29) is 5.82 Å². The molecule has 28 heavy (non-hydrogen) atoms. The normalized spacial score (nSPS) is 21.6. The SMILES string of the molecule is CN=C(NCc1oc2ccc(F)cc2c1C)N1CCC(CN2CCOCC2)C1. The fraction of sp³-hybridized carbons (Fsp3) is 0.571. The number of hydrogen-bond donors (Lipinski definition) is 1. The molecular weight excluding hydrogens is 359 g/mol. The van der Waals surface area contributed by atoms with Crippen molar-refractivity contribution >= 4 is 16.9 Å². The Morgan fingerprint density at radius 1 is 1.29 bits per heavy atom. The Balaban J connectivity index is 1.34. The van der Waals surface area contributed by atoms with Crippen molar-refractivity contribution in [3.63, 3.8) is 0 Å². The summed E-state index contributed by atoms with van der Waals surface area (Å²) < 4.78 is 24.9. The van der Waals surface area contributed by atoms with Crippen molar-refractivity contribution in [2.24, 2.45) is 10.9 Å². The van der Waals surface area contributed by atoms with Gasteiger partial charge in [0.2, 0.25) is 0 Å². The van der Waals surface area contributed by atoms with Crippen LogP contribution in [0.4, 0.5) is 4.39 Å². The zero-order valence-corrected chi connectivity index (χ0v) is 16.7. The van der Waals surface area contributed by atoms with Crippen molar-refractivity contribution in [3.05, 3.63) is 35.3 Å². The number of aryl methyl sites for hydroxylation is 1. The number of hydrogen-bond acceptors (Lipinski definition) is 4. The molecule has 2 fully saturated rings. The molecule has 2 aliphatic heterocycles. The maximum Gasteiger partial charge on any atom is 0.194 e. The van der Waals surface area contributed by atoms with E-state index in [0.29, 0.717) is 12.5 Å². The molecule has 4 rings (SSSR count). The van der Waals surface area contributed by atoms with E-state index in [2.05, 4.69) is 20.1 Å². The van der Waals surface area contributed by atoms with Gasteiger partial charge in [-0.2, -0.15) is 0 Å². The summed E-state index contributed by atoms with van der Waals surface area (Å²) in [6.45, 7) is 9.44. The first-order valence-corrected chi connectivity index (χ1v) is 10.1. The van der Waals surface area contributed by atoms with Crippen LogP contribution in [0.25, 0.3) is 11.0 Å². The van der Waals surface area contributed by atoms with Crippen molar-refractivity contribution in [3.8, 4) is 0 Å². The van der Waals surface area contributed by atoms with E-state index < -0.39 is 0 Å². The zero-order valence-electron chi connectivity index (χ0n) is 16.7. The standard InChI is InChI=1S/C21H29FN4O2/c1-15-18-11-17(22)3-4-19(18)28-20(15)12-24-21(23-2)26-6-5-16(14-26)13-25-7-9-27-10-8-25/h3-4,11,16H,5-10,12-14H2,1-2H3,(H,23,24). The summed E-state index contributed by atoms with van der Waals surface area (Å²) in [6, 6.07) is 4.65. The highest BCUT2D eigenvalue weighted by atomic mass is 19.1. The van der Waals surface area contributed by atoms with Gasteiger partial charge in [0.25, 0.3) is 0 Å². The number of aliphatic imine (C=N–C) groups is 1. The molecule has 0 aliphatic carbocycles. The maximum absolute atomic E-state index is 13.5. The summed E-state index contributed by atoms with van der Waals surface area (Å²) in [4.78, 5) is 9.29. The number of fused-ring (bicyclic) bond motifs is 1. The first-order chi connectivity index (χ1) is 13.6. The number of morpholine rings is 1. The molecule has 3 heterocycles. The third-order valence-electron chi connectivity index (χ3n) is 5.82. The van der Waals surface area contributed by atoms with Crippen LogP contribution >= 0.6 is 0 Å². The highest BCUT2D eigenvalue weighted by Crippen LogP contribution is 2.26. The van der Waals surface area contributed by atoms with Crippen LogP contribution in [-0.4, -0.2) is 68.7 Å². The van der Waals surface area contributed by atoms with Crippen molar-refractivity contribution in [2.45, 2.75) is 19.9 Å². The van der Waals surface area contributed by atoms with Crippen LogP contribution < -0.4 is 5.32 Å². The van der Waals surface area contributed by atoms with Crippen molar-refractivity contribution in [1.82, 2.24) is 15.1 Å². The monoisotopic (exact) mass is 388 g/mol. The van der Waals surface area contributed by atoms with Gasteiger partial charge >= 0.3 is 0 Å². The van der Waals surface area contributed by atoms with Gasteiger partial charge in [-0.1, -0.05) is 0 Å². The van der Waals surface area contributed by atoms with Crippen LogP contribution in [-0.2, 0) is 11.3 Å². The zero-order chi connectivity index (χ0) is 19.5. The van der Waals surface area contributed by atoms with E-state index in [1.807, 2.05) is 14.0 Å². The lowest BCUT2D eigenvalue weighted by Crippen LogP contribution is -2.42. The Labute approximate surface area is 165 Å². The second-order valence-corrected chi connectivity index (χ2v) is 7.71. The van der Waals surface area contributed by atoms with E-state index in [0.717, 1.165) is 74.2 Å². The van der Waals surface area contributed by atoms with E-state index in [1.54, 1.807) is 6.07 Å². The number of guanidine groups is 1. The number of benzene rings is 1. The van der Waals surface area contributed by atoms with Gasteiger partial charge in [0, 0.05) is 50.7 Å². The van der Waals surface area contributed by atoms with Gasteiger partial charge in [-0.25, -0.2) is 4.39 Å². The second-order valence-electron chi connectivity index (χ2n) is 7.71. The van der Waals surface area contributed by atoms with E-state index in [9.17, 15) is 4.39 Å².